The van der Waals surface area contributed by atoms with Crippen molar-refractivity contribution in [1.29, 1.82) is 0 Å². The van der Waals surface area contributed by atoms with E-state index in [9.17, 15) is 0 Å². The Balaban J connectivity index is 1.31. The SMILES string of the molecule is CC1(C)CC2(CC(C)(C)N1OCCc1ccc(OCC3CO3)cc1)OCCCO2. The van der Waals surface area contributed by atoms with Gasteiger partial charge in [-0.25, -0.2) is 0 Å². The predicted molar refractivity (Wildman–Crippen MR) is 110 cm³/mol. The Bertz CT molecular complexity index is 657. The van der Waals surface area contributed by atoms with Crippen molar-refractivity contribution in [3.8, 4) is 5.75 Å². The molecular weight excluding hydrogens is 370 g/mol. The summed E-state index contributed by atoms with van der Waals surface area (Å²) < 4.78 is 23.1. The standard InChI is InChI=1S/C23H35NO5/c1-21(2)16-23(27-11-5-12-28-23)17-22(3,4)24(21)29-13-10-18-6-8-19(9-7-18)25-14-20-15-26-20/h6-9,20H,5,10-17H2,1-4H3. The molecule has 1 spiro atoms. The Morgan fingerprint density at radius 3 is 2.21 bits per heavy atom. The summed E-state index contributed by atoms with van der Waals surface area (Å²) in [6, 6.07) is 8.26. The molecule has 0 N–H and O–H groups in total. The molecule has 3 heterocycles. The van der Waals surface area contributed by atoms with Gasteiger partial charge in [-0.05, 0) is 58.2 Å². The summed E-state index contributed by atoms with van der Waals surface area (Å²) in [7, 11) is 0. The molecule has 3 fully saturated rings. The number of epoxide rings is 1. The summed E-state index contributed by atoms with van der Waals surface area (Å²) in [4.78, 5) is 6.34. The normalized spacial score (nSPS) is 27.7. The molecule has 4 rings (SSSR count). The molecule has 0 aromatic heterocycles. The van der Waals surface area contributed by atoms with Crippen molar-refractivity contribution in [2.45, 2.75) is 76.3 Å². The molecule has 0 radical (unpaired) electrons. The van der Waals surface area contributed by atoms with Gasteiger partial charge in [-0.3, -0.25) is 4.84 Å². The predicted octanol–water partition coefficient (Wildman–Crippen LogP) is 3.72. The van der Waals surface area contributed by atoms with Crippen molar-refractivity contribution in [2.75, 3.05) is 33.0 Å². The van der Waals surface area contributed by atoms with Crippen LogP contribution in [0.2, 0.25) is 0 Å². The van der Waals surface area contributed by atoms with Crippen LogP contribution in [0.3, 0.4) is 0 Å². The van der Waals surface area contributed by atoms with Crippen LogP contribution < -0.4 is 4.74 Å². The van der Waals surface area contributed by atoms with E-state index in [1.165, 1.54) is 5.56 Å². The maximum absolute atomic E-state index is 6.34. The number of hydroxylamine groups is 2. The number of hydrogen-bond donors (Lipinski definition) is 0. The van der Waals surface area contributed by atoms with E-state index in [1.54, 1.807) is 0 Å². The maximum Gasteiger partial charge on any atom is 0.171 e. The van der Waals surface area contributed by atoms with Gasteiger partial charge in [-0.1, -0.05) is 12.1 Å². The average Bonchev–Trinajstić information content (AvgIpc) is 3.47. The van der Waals surface area contributed by atoms with Gasteiger partial charge in [0, 0.05) is 23.9 Å². The molecule has 29 heavy (non-hydrogen) atoms. The van der Waals surface area contributed by atoms with Gasteiger partial charge in [0.05, 0.1) is 26.4 Å². The lowest BCUT2D eigenvalue weighted by Crippen LogP contribution is -2.67. The van der Waals surface area contributed by atoms with Crippen LogP contribution in [0.15, 0.2) is 24.3 Å². The summed E-state index contributed by atoms with van der Waals surface area (Å²) in [5.41, 5.74) is 0.881. The van der Waals surface area contributed by atoms with E-state index in [4.69, 9.17) is 23.8 Å². The quantitative estimate of drug-likeness (QED) is 0.645. The van der Waals surface area contributed by atoms with Crippen molar-refractivity contribution in [2.24, 2.45) is 0 Å². The minimum atomic E-state index is -0.480. The zero-order valence-corrected chi connectivity index (χ0v) is 18.2. The van der Waals surface area contributed by atoms with Gasteiger partial charge < -0.3 is 18.9 Å². The highest BCUT2D eigenvalue weighted by molar-refractivity contribution is 5.27. The van der Waals surface area contributed by atoms with Crippen molar-refractivity contribution in [1.82, 2.24) is 5.06 Å². The smallest absolute Gasteiger partial charge is 0.171 e. The number of nitrogens with zero attached hydrogens (tertiary/aromatic N) is 1. The molecule has 6 nitrogen and oxygen atoms in total. The zero-order chi connectivity index (χ0) is 20.5. The van der Waals surface area contributed by atoms with Crippen LogP contribution in [0.4, 0.5) is 0 Å². The fourth-order valence-corrected chi connectivity index (χ4v) is 4.87. The first-order valence-electron chi connectivity index (χ1n) is 10.8. The van der Waals surface area contributed by atoms with Crippen molar-refractivity contribution >= 4 is 0 Å². The van der Waals surface area contributed by atoms with E-state index in [-0.39, 0.29) is 17.2 Å². The zero-order valence-electron chi connectivity index (χ0n) is 18.2. The fraction of sp³-hybridized carbons (Fsp3) is 0.739. The average molecular weight is 406 g/mol. The lowest BCUT2D eigenvalue weighted by atomic mass is 9.77. The van der Waals surface area contributed by atoms with E-state index in [0.29, 0.717) is 13.2 Å². The molecule has 1 atom stereocenters. The Morgan fingerprint density at radius 1 is 1.00 bits per heavy atom. The molecule has 0 aliphatic carbocycles. The molecule has 0 bridgehead atoms. The van der Waals surface area contributed by atoms with E-state index in [2.05, 4.69) is 44.9 Å². The summed E-state index contributed by atoms with van der Waals surface area (Å²) in [5, 5.41) is 2.17. The second-order valence-electron chi connectivity index (χ2n) is 9.73. The van der Waals surface area contributed by atoms with Gasteiger partial charge in [0.15, 0.2) is 5.79 Å². The fourth-order valence-electron chi connectivity index (χ4n) is 4.87. The first-order valence-corrected chi connectivity index (χ1v) is 10.8. The summed E-state index contributed by atoms with van der Waals surface area (Å²) in [5.74, 6) is 0.410. The van der Waals surface area contributed by atoms with E-state index in [1.807, 2.05) is 12.1 Å². The number of ether oxygens (including phenoxy) is 4. The summed E-state index contributed by atoms with van der Waals surface area (Å²) in [6.45, 7) is 12.5. The molecule has 1 aromatic carbocycles. The first kappa shape index (κ1) is 21.1. The van der Waals surface area contributed by atoms with Crippen molar-refractivity contribution < 1.29 is 23.8 Å². The monoisotopic (exact) mass is 405 g/mol. The topological polar surface area (TPSA) is 52.7 Å². The highest BCUT2D eigenvalue weighted by Crippen LogP contribution is 2.47. The van der Waals surface area contributed by atoms with Crippen LogP contribution in [-0.2, 0) is 25.5 Å². The summed E-state index contributed by atoms with van der Waals surface area (Å²) >= 11 is 0. The number of hydrogen-bond acceptors (Lipinski definition) is 6. The molecule has 1 aromatic rings. The lowest BCUT2D eigenvalue weighted by Gasteiger charge is -2.58. The molecular formula is C23H35NO5. The van der Waals surface area contributed by atoms with Gasteiger partial charge >= 0.3 is 0 Å². The highest BCUT2D eigenvalue weighted by atomic mass is 16.7. The van der Waals surface area contributed by atoms with Gasteiger partial charge in [0.1, 0.15) is 18.5 Å². The number of piperidine rings is 1. The van der Waals surface area contributed by atoms with E-state index in [0.717, 1.165) is 51.3 Å². The van der Waals surface area contributed by atoms with Crippen molar-refractivity contribution in [3.05, 3.63) is 29.8 Å². The third kappa shape index (κ3) is 5.12. The van der Waals surface area contributed by atoms with Crippen LogP contribution in [0.1, 0.15) is 52.5 Å². The Hall–Kier alpha value is -1.18. The third-order valence-electron chi connectivity index (χ3n) is 5.90. The van der Waals surface area contributed by atoms with Gasteiger partial charge in [-0.2, -0.15) is 5.06 Å². The van der Waals surface area contributed by atoms with Crippen molar-refractivity contribution in [3.63, 3.8) is 0 Å². The number of benzene rings is 1. The van der Waals surface area contributed by atoms with Crippen LogP contribution in [0.5, 0.6) is 5.75 Å². The minimum absolute atomic E-state index is 0.179. The molecule has 162 valence electrons. The Kier molecular flexibility index (Phi) is 5.93. The second kappa shape index (κ2) is 8.16. The van der Waals surface area contributed by atoms with Gasteiger partial charge in [-0.15, -0.1) is 0 Å². The first-order chi connectivity index (χ1) is 13.8. The lowest BCUT2D eigenvalue weighted by molar-refractivity contribution is -0.367. The van der Waals surface area contributed by atoms with Crippen LogP contribution in [-0.4, -0.2) is 61.1 Å². The molecule has 0 saturated carbocycles. The summed E-state index contributed by atoms with van der Waals surface area (Å²) in [6.07, 6.45) is 3.72. The van der Waals surface area contributed by atoms with Crippen LogP contribution in [0.25, 0.3) is 0 Å². The van der Waals surface area contributed by atoms with Crippen LogP contribution >= 0.6 is 0 Å². The van der Waals surface area contributed by atoms with Gasteiger partial charge in [0.2, 0.25) is 0 Å². The second-order valence-corrected chi connectivity index (χ2v) is 9.73. The van der Waals surface area contributed by atoms with Crippen LogP contribution in [0, 0.1) is 0 Å². The highest BCUT2D eigenvalue weighted by Gasteiger charge is 2.55. The molecule has 1 unspecified atom stereocenters. The Morgan fingerprint density at radius 2 is 1.62 bits per heavy atom. The largest absolute Gasteiger partial charge is 0.491 e. The molecule has 0 amide bonds. The minimum Gasteiger partial charge on any atom is -0.491 e. The molecule has 6 heteroatoms. The number of rotatable bonds is 7. The molecule has 3 aliphatic heterocycles. The molecule has 3 aliphatic rings. The maximum atomic E-state index is 6.34. The van der Waals surface area contributed by atoms with Gasteiger partial charge in [0.25, 0.3) is 0 Å². The van der Waals surface area contributed by atoms with E-state index >= 15 is 0 Å². The third-order valence-corrected chi connectivity index (χ3v) is 5.90. The van der Waals surface area contributed by atoms with E-state index < -0.39 is 5.79 Å². The Labute approximate surface area is 174 Å². The molecule has 3 saturated heterocycles.